The largest absolute Gasteiger partial charge is 0.379 e. The lowest BCUT2D eigenvalue weighted by atomic mass is 9.54. The van der Waals surface area contributed by atoms with E-state index in [2.05, 4.69) is 13.8 Å². The molecule has 0 aliphatic carbocycles. The average Bonchev–Trinajstić information content (AvgIpc) is 2.34. The van der Waals surface area contributed by atoms with Gasteiger partial charge in [0.15, 0.2) is 13.6 Å². The Bertz CT molecular complexity index is 177. The van der Waals surface area contributed by atoms with E-state index in [9.17, 15) is 5.11 Å². The summed E-state index contributed by atoms with van der Waals surface area (Å²) < 4.78 is 11.0. The summed E-state index contributed by atoms with van der Waals surface area (Å²) in [4.78, 5) is 0. The Labute approximate surface area is 73.3 Å². The molecule has 0 saturated carbocycles. The summed E-state index contributed by atoms with van der Waals surface area (Å²) in [6, 6.07) is 0. The van der Waals surface area contributed by atoms with Gasteiger partial charge in [-0.25, -0.2) is 0 Å². The maximum Gasteiger partial charge on any atom is 0.173 e. The summed E-state index contributed by atoms with van der Waals surface area (Å²) in [5.41, 5.74) is -0.0889. The molecule has 4 atom stereocenters. The van der Waals surface area contributed by atoms with E-state index in [0.717, 1.165) is 7.28 Å². The maximum atomic E-state index is 9.50. The van der Waals surface area contributed by atoms with E-state index in [4.69, 9.17) is 9.47 Å². The third-order valence-corrected chi connectivity index (χ3v) is 2.79. The highest BCUT2D eigenvalue weighted by Crippen LogP contribution is 2.42. The highest BCUT2D eigenvalue weighted by molar-refractivity contribution is 6.43. The first-order chi connectivity index (χ1) is 5.49. The van der Waals surface area contributed by atoms with Crippen LogP contribution in [0.2, 0.25) is 5.82 Å². The van der Waals surface area contributed by atoms with Crippen molar-refractivity contribution in [1.29, 1.82) is 0 Å². The van der Waals surface area contributed by atoms with Gasteiger partial charge < -0.3 is 14.6 Å². The molecule has 2 fully saturated rings. The molecule has 1 N–H and O–H groups in total. The average molecular weight is 170 g/mol. The zero-order valence-electron chi connectivity index (χ0n) is 7.78. The predicted molar refractivity (Wildman–Crippen MR) is 46.4 cm³/mol. The van der Waals surface area contributed by atoms with Gasteiger partial charge in [0.2, 0.25) is 0 Å². The van der Waals surface area contributed by atoms with Crippen molar-refractivity contribution >= 4 is 7.28 Å². The summed E-state index contributed by atoms with van der Waals surface area (Å²) >= 11 is 0. The first kappa shape index (κ1) is 8.54. The third-order valence-electron chi connectivity index (χ3n) is 2.79. The van der Waals surface area contributed by atoms with Gasteiger partial charge in [0, 0.05) is 11.3 Å². The van der Waals surface area contributed by atoms with E-state index in [1.807, 2.05) is 6.92 Å². The van der Waals surface area contributed by atoms with Gasteiger partial charge in [-0.05, 0) is 20.8 Å². The highest BCUT2D eigenvalue weighted by Gasteiger charge is 2.52. The fraction of sp³-hybridized carbons (Fsp3) is 1.00. The second-order valence-electron chi connectivity index (χ2n) is 4.44. The number of aliphatic hydroxyl groups excluding tert-OH is 1. The Morgan fingerprint density at radius 3 is 2.67 bits per heavy atom. The van der Waals surface area contributed by atoms with Crippen molar-refractivity contribution in [2.45, 2.75) is 50.6 Å². The van der Waals surface area contributed by atoms with Crippen LogP contribution in [0.25, 0.3) is 0 Å². The molecule has 0 radical (unpaired) electrons. The monoisotopic (exact) mass is 170 g/mol. The molecular weight excluding hydrogens is 155 g/mol. The van der Waals surface area contributed by atoms with Crippen LogP contribution >= 0.6 is 0 Å². The van der Waals surface area contributed by atoms with Crippen LogP contribution in [0.3, 0.4) is 0 Å². The van der Waals surface area contributed by atoms with Crippen LogP contribution in [0, 0.1) is 0 Å². The number of hydrogen-bond donors (Lipinski definition) is 1. The molecule has 68 valence electrons. The normalized spacial score (nSPS) is 50.3. The Morgan fingerprint density at radius 1 is 1.42 bits per heavy atom. The van der Waals surface area contributed by atoms with Crippen molar-refractivity contribution in [2.75, 3.05) is 0 Å². The van der Waals surface area contributed by atoms with Crippen molar-refractivity contribution in [3.8, 4) is 0 Å². The molecule has 12 heavy (non-hydrogen) atoms. The van der Waals surface area contributed by atoms with Gasteiger partial charge in [-0.3, -0.25) is 0 Å². The van der Waals surface area contributed by atoms with E-state index in [0.29, 0.717) is 0 Å². The van der Waals surface area contributed by atoms with E-state index < -0.39 is 6.29 Å². The van der Waals surface area contributed by atoms with Gasteiger partial charge in [-0.1, -0.05) is 0 Å². The molecule has 0 amide bonds. The third kappa shape index (κ3) is 1.18. The molecule has 2 aliphatic heterocycles. The van der Waals surface area contributed by atoms with Crippen molar-refractivity contribution < 1.29 is 14.6 Å². The van der Waals surface area contributed by atoms with Crippen LogP contribution in [0.4, 0.5) is 0 Å². The van der Waals surface area contributed by atoms with Gasteiger partial charge in [0.05, 0.1) is 12.2 Å². The van der Waals surface area contributed by atoms with Crippen molar-refractivity contribution in [3.63, 3.8) is 0 Å². The second-order valence-corrected chi connectivity index (χ2v) is 4.44. The number of hydrogen-bond acceptors (Lipinski definition) is 3. The summed E-state index contributed by atoms with van der Waals surface area (Å²) in [5.74, 6) is 0.176. The van der Waals surface area contributed by atoms with E-state index in [1.165, 1.54) is 0 Å². The van der Waals surface area contributed by atoms with Gasteiger partial charge in [-0.15, -0.1) is 0 Å². The van der Waals surface area contributed by atoms with Crippen molar-refractivity contribution in [3.05, 3.63) is 0 Å². The molecule has 0 bridgehead atoms. The smallest absolute Gasteiger partial charge is 0.173 e. The first-order valence-corrected chi connectivity index (χ1v) is 4.51. The quantitative estimate of drug-likeness (QED) is 0.523. The van der Waals surface area contributed by atoms with Gasteiger partial charge in [-0.2, -0.15) is 0 Å². The number of fused-ring (bicyclic) bond motifs is 1. The molecule has 0 aromatic rings. The number of rotatable bonds is 0. The standard InChI is InChI=1S/C8H15BO3/c1-4-6-5(7(10)11-4)9-8(2,3)12-6/h4-7,9-10H,1-3H3/t4-,5-,6-,7?/m1/s1. The molecule has 2 saturated heterocycles. The summed E-state index contributed by atoms with van der Waals surface area (Å²) in [7, 11) is 0.892. The highest BCUT2D eigenvalue weighted by atomic mass is 16.6. The predicted octanol–water partition coefficient (Wildman–Crippen LogP) is 0.0834. The molecule has 2 rings (SSSR count). The molecule has 3 nitrogen and oxygen atoms in total. The minimum Gasteiger partial charge on any atom is -0.379 e. The molecule has 0 spiro atoms. The molecule has 2 aliphatic rings. The van der Waals surface area contributed by atoms with Crippen LogP contribution < -0.4 is 0 Å². The fourth-order valence-electron chi connectivity index (χ4n) is 2.29. The zero-order chi connectivity index (χ0) is 8.93. The molecule has 4 heteroatoms. The van der Waals surface area contributed by atoms with E-state index in [1.54, 1.807) is 0 Å². The maximum absolute atomic E-state index is 9.50. The summed E-state index contributed by atoms with van der Waals surface area (Å²) in [6.45, 7) is 6.07. The molecule has 0 aromatic heterocycles. The lowest BCUT2D eigenvalue weighted by Crippen LogP contribution is -2.30. The van der Waals surface area contributed by atoms with Crippen molar-refractivity contribution in [1.82, 2.24) is 0 Å². The minimum atomic E-state index is -0.619. The SMILES string of the molecule is C[C@H]1OC(O)[C@@H]2BC(C)(C)O[C@H]12. The van der Waals surface area contributed by atoms with Gasteiger partial charge in [0.25, 0.3) is 0 Å². The van der Waals surface area contributed by atoms with Crippen LogP contribution in [-0.4, -0.2) is 36.4 Å². The lowest BCUT2D eigenvalue weighted by Gasteiger charge is -2.21. The number of ether oxygens (including phenoxy) is 2. The van der Waals surface area contributed by atoms with Crippen molar-refractivity contribution in [2.24, 2.45) is 0 Å². The second kappa shape index (κ2) is 2.47. The van der Waals surface area contributed by atoms with E-state index in [-0.39, 0.29) is 23.5 Å². The Balaban J connectivity index is 2.15. The van der Waals surface area contributed by atoms with Crippen LogP contribution in [0.1, 0.15) is 20.8 Å². The molecule has 0 aromatic carbocycles. The Hall–Kier alpha value is -0.0551. The molecular formula is C8H15BO3. The topological polar surface area (TPSA) is 38.7 Å². The molecule has 1 unspecified atom stereocenters. The van der Waals surface area contributed by atoms with Gasteiger partial charge in [0.1, 0.15) is 0 Å². The molecule has 2 heterocycles. The fourth-order valence-corrected chi connectivity index (χ4v) is 2.29. The summed E-state index contributed by atoms with van der Waals surface area (Å²) in [6.07, 6.45) is -0.492. The summed E-state index contributed by atoms with van der Waals surface area (Å²) in [5, 5.41) is 9.50. The Morgan fingerprint density at radius 2 is 2.08 bits per heavy atom. The number of aliphatic hydroxyl groups is 1. The lowest BCUT2D eigenvalue weighted by molar-refractivity contribution is -0.102. The Kier molecular flexibility index (Phi) is 1.76. The van der Waals surface area contributed by atoms with Gasteiger partial charge >= 0.3 is 0 Å². The van der Waals surface area contributed by atoms with Crippen LogP contribution in [0.15, 0.2) is 0 Å². The van der Waals surface area contributed by atoms with E-state index >= 15 is 0 Å². The minimum absolute atomic E-state index is 0.0341. The first-order valence-electron chi connectivity index (χ1n) is 4.51. The zero-order valence-corrected chi connectivity index (χ0v) is 7.78. The van der Waals surface area contributed by atoms with Crippen LogP contribution in [0.5, 0.6) is 0 Å². The van der Waals surface area contributed by atoms with Crippen LogP contribution in [-0.2, 0) is 9.47 Å².